The zero-order chi connectivity index (χ0) is 16.8. The number of nitrogens with zero attached hydrogens (tertiary/aromatic N) is 1. The minimum atomic E-state index is -0.445. The van der Waals surface area contributed by atoms with E-state index in [1.807, 2.05) is 42.5 Å². The lowest BCUT2D eigenvalue weighted by molar-refractivity contribution is -0.110. The number of halogens is 1. The van der Waals surface area contributed by atoms with Gasteiger partial charge in [-0.2, -0.15) is 0 Å². The molecule has 0 aliphatic rings. The third kappa shape index (κ3) is 3.95. The van der Waals surface area contributed by atoms with Gasteiger partial charge in [-0.15, -0.1) is 0 Å². The highest BCUT2D eigenvalue weighted by Gasteiger charge is 2.01. The predicted molar refractivity (Wildman–Crippen MR) is 92.3 cm³/mol. The van der Waals surface area contributed by atoms with Gasteiger partial charge in [0.2, 0.25) is 0 Å². The monoisotopic (exact) mass is 322 g/mol. The summed E-state index contributed by atoms with van der Waals surface area (Å²) >= 11 is 0. The van der Waals surface area contributed by atoms with Gasteiger partial charge in [0.05, 0.1) is 0 Å². The van der Waals surface area contributed by atoms with Crippen LogP contribution in [0.15, 0.2) is 71.9 Å². The molecule has 24 heavy (non-hydrogen) atoms. The summed E-state index contributed by atoms with van der Waals surface area (Å²) < 4.78 is 12.8. The molecule has 3 aromatic rings. The van der Waals surface area contributed by atoms with Crippen molar-refractivity contribution in [3.8, 4) is 0 Å². The van der Waals surface area contributed by atoms with E-state index in [0.29, 0.717) is 5.69 Å². The molecule has 3 aromatic carbocycles. The highest BCUT2D eigenvalue weighted by molar-refractivity contribution is 6.31. The number of carbonyl (C=O) groups is 1. The summed E-state index contributed by atoms with van der Waals surface area (Å²) in [5.41, 5.74) is 1.48. The molecule has 0 bridgehead atoms. The maximum Gasteiger partial charge on any atom is 0.270 e. The summed E-state index contributed by atoms with van der Waals surface area (Å²) in [6.07, 6.45) is 1.05. The van der Waals surface area contributed by atoms with E-state index in [4.69, 9.17) is 4.84 Å². The molecule has 1 N–H and O–H groups in total. The second-order valence-electron chi connectivity index (χ2n) is 5.14. The SMILES string of the molecule is O=C(C=NOCc1cccc2ccccc12)Nc1ccc(F)cc1. The lowest BCUT2D eigenvalue weighted by Gasteiger charge is -2.05. The minimum absolute atomic E-state index is 0.266. The molecular weight excluding hydrogens is 307 g/mol. The predicted octanol–water partition coefficient (Wildman–Crippen LogP) is 4.12. The topological polar surface area (TPSA) is 50.7 Å². The van der Waals surface area contributed by atoms with E-state index in [0.717, 1.165) is 22.6 Å². The van der Waals surface area contributed by atoms with Crippen LogP contribution in [0.4, 0.5) is 10.1 Å². The van der Waals surface area contributed by atoms with Crippen LogP contribution in [0.1, 0.15) is 5.56 Å². The van der Waals surface area contributed by atoms with Gasteiger partial charge >= 0.3 is 0 Å². The van der Waals surface area contributed by atoms with Gasteiger partial charge in [0.15, 0.2) is 0 Å². The Morgan fingerprint density at radius 3 is 2.62 bits per heavy atom. The molecule has 4 nitrogen and oxygen atoms in total. The Kier molecular flexibility index (Phi) is 4.81. The van der Waals surface area contributed by atoms with Crippen molar-refractivity contribution >= 4 is 28.6 Å². The van der Waals surface area contributed by atoms with Crippen molar-refractivity contribution in [2.45, 2.75) is 6.61 Å². The average Bonchev–Trinajstić information content (AvgIpc) is 2.61. The lowest BCUT2D eigenvalue weighted by atomic mass is 10.1. The number of benzene rings is 3. The highest BCUT2D eigenvalue weighted by atomic mass is 19.1. The molecule has 0 aliphatic carbocycles. The van der Waals surface area contributed by atoms with Gasteiger partial charge in [0.25, 0.3) is 5.91 Å². The third-order valence-electron chi connectivity index (χ3n) is 3.46. The molecule has 0 radical (unpaired) electrons. The van der Waals surface area contributed by atoms with E-state index in [1.54, 1.807) is 0 Å². The Balaban J connectivity index is 1.56. The molecule has 5 heteroatoms. The van der Waals surface area contributed by atoms with Gasteiger partial charge in [-0.1, -0.05) is 47.6 Å². The molecule has 0 spiro atoms. The summed E-state index contributed by atoms with van der Waals surface area (Å²) in [5, 5.41) is 8.45. The number of fused-ring (bicyclic) bond motifs is 1. The van der Waals surface area contributed by atoms with Crippen molar-refractivity contribution in [3.63, 3.8) is 0 Å². The van der Waals surface area contributed by atoms with Crippen LogP contribution in [0, 0.1) is 5.82 Å². The molecule has 0 fully saturated rings. The first-order valence-electron chi connectivity index (χ1n) is 7.41. The summed E-state index contributed by atoms with van der Waals surface area (Å²) in [6, 6.07) is 19.4. The molecule has 0 saturated carbocycles. The normalized spacial score (nSPS) is 10.9. The molecule has 1 amide bonds. The Labute approximate surface area is 138 Å². The smallest absolute Gasteiger partial charge is 0.270 e. The maximum absolute atomic E-state index is 12.8. The molecule has 0 saturated heterocycles. The number of hydrogen-bond donors (Lipinski definition) is 1. The van der Waals surface area contributed by atoms with Crippen molar-refractivity contribution < 1.29 is 14.0 Å². The second-order valence-corrected chi connectivity index (χ2v) is 5.14. The molecule has 3 rings (SSSR count). The van der Waals surface area contributed by atoms with Gasteiger partial charge in [0.1, 0.15) is 18.6 Å². The number of nitrogens with one attached hydrogen (secondary N) is 1. The van der Waals surface area contributed by atoms with Crippen LogP contribution in [0.2, 0.25) is 0 Å². The summed E-state index contributed by atoms with van der Waals surface area (Å²) in [6.45, 7) is 0.266. The maximum atomic E-state index is 12.8. The van der Waals surface area contributed by atoms with Crippen LogP contribution in [0.5, 0.6) is 0 Å². The average molecular weight is 322 g/mol. The zero-order valence-corrected chi connectivity index (χ0v) is 12.8. The minimum Gasteiger partial charge on any atom is -0.391 e. The fraction of sp³-hybridized carbons (Fsp3) is 0.0526. The van der Waals surface area contributed by atoms with E-state index in [2.05, 4.69) is 10.5 Å². The number of rotatable bonds is 5. The quantitative estimate of drug-likeness (QED) is 0.567. The largest absolute Gasteiger partial charge is 0.391 e. The molecule has 0 heterocycles. The van der Waals surface area contributed by atoms with Crippen LogP contribution < -0.4 is 5.32 Å². The Morgan fingerprint density at radius 1 is 1.04 bits per heavy atom. The van der Waals surface area contributed by atoms with E-state index in [-0.39, 0.29) is 12.4 Å². The number of anilines is 1. The molecule has 0 aliphatic heterocycles. The van der Waals surface area contributed by atoms with Crippen molar-refractivity contribution in [1.82, 2.24) is 0 Å². The Morgan fingerprint density at radius 2 is 1.79 bits per heavy atom. The first kappa shape index (κ1) is 15.7. The van der Waals surface area contributed by atoms with Crippen molar-refractivity contribution in [1.29, 1.82) is 0 Å². The van der Waals surface area contributed by atoms with Gasteiger partial charge in [-0.3, -0.25) is 4.79 Å². The molecule has 120 valence electrons. The Hall–Kier alpha value is -3.21. The number of hydrogen-bond acceptors (Lipinski definition) is 3. The lowest BCUT2D eigenvalue weighted by Crippen LogP contribution is -2.12. The van der Waals surface area contributed by atoms with Gasteiger partial charge < -0.3 is 10.2 Å². The standard InChI is InChI=1S/C19H15FN2O2/c20-16-8-10-17(11-9-16)22-19(23)12-21-24-13-15-6-3-5-14-4-1-2-7-18(14)15/h1-12H,13H2,(H,22,23). The fourth-order valence-corrected chi connectivity index (χ4v) is 2.32. The van der Waals surface area contributed by atoms with E-state index in [1.165, 1.54) is 24.3 Å². The van der Waals surface area contributed by atoms with Crippen molar-refractivity contribution in [2.75, 3.05) is 5.32 Å². The van der Waals surface area contributed by atoms with Gasteiger partial charge in [-0.25, -0.2) is 4.39 Å². The summed E-state index contributed by atoms with van der Waals surface area (Å²) in [5.74, 6) is -0.806. The first-order valence-corrected chi connectivity index (χ1v) is 7.41. The van der Waals surface area contributed by atoms with Crippen LogP contribution in [-0.2, 0) is 16.2 Å². The Bertz CT molecular complexity index is 871. The van der Waals surface area contributed by atoms with Crippen LogP contribution in [-0.4, -0.2) is 12.1 Å². The van der Waals surface area contributed by atoms with Gasteiger partial charge in [-0.05, 0) is 40.6 Å². The van der Waals surface area contributed by atoms with Gasteiger partial charge in [0, 0.05) is 5.69 Å². The van der Waals surface area contributed by atoms with Crippen molar-refractivity contribution in [3.05, 3.63) is 78.1 Å². The fourth-order valence-electron chi connectivity index (χ4n) is 2.32. The zero-order valence-electron chi connectivity index (χ0n) is 12.8. The number of carbonyl (C=O) groups excluding carboxylic acids is 1. The summed E-state index contributed by atoms with van der Waals surface area (Å²) in [7, 11) is 0. The molecule has 0 atom stereocenters. The van der Waals surface area contributed by atoms with E-state index in [9.17, 15) is 9.18 Å². The van der Waals surface area contributed by atoms with E-state index < -0.39 is 5.91 Å². The van der Waals surface area contributed by atoms with E-state index >= 15 is 0 Å². The number of amides is 1. The highest BCUT2D eigenvalue weighted by Crippen LogP contribution is 2.19. The van der Waals surface area contributed by atoms with Crippen LogP contribution >= 0.6 is 0 Å². The van der Waals surface area contributed by atoms with Crippen LogP contribution in [0.25, 0.3) is 10.8 Å². The second kappa shape index (κ2) is 7.37. The van der Waals surface area contributed by atoms with Crippen molar-refractivity contribution in [2.24, 2.45) is 5.16 Å². The van der Waals surface area contributed by atoms with Crippen LogP contribution in [0.3, 0.4) is 0 Å². The molecular formula is C19H15FN2O2. The number of oxime groups is 1. The first-order chi connectivity index (χ1) is 11.7. The molecule has 0 unspecified atom stereocenters. The summed E-state index contributed by atoms with van der Waals surface area (Å²) in [4.78, 5) is 16.9. The molecule has 0 aromatic heterocycles. The third-order valence-corrected chi connectivity index (χ3v) is 3.46.